The zero-order valence-corrected chi connectivity index (χ0v) is 19.4. The van der Waals surface area contributed by atoms with Crippen LogP contribution in [0.3, 0.4) is 0 Å². The molecule has 1 aliphatic rings. The van der Waals surface area contributed by atoms with E-state index in [1.807, 2.05) is 36.5 Å². The molecule has 7 heteroatoms. The average molecular weight is 435 g/mol. The van der Waals surface area contributed by atoms with Crippen molar-refractivity contribution in [3.63, 3.8) is 0 Å². The number of piperazine rings is 1. The van der Waals surface area contributed by atoms with Gasteiger partial charge in [-0.05, 0) is 57.2 Å². The molecule has 1 saturated heterocycles. The van der Waals surface area contributed by atoms with E-state index in [0.29, 0.717) is 12.6 Å². The van der Waals surface area contributed by atoms with Gasteiger partial charge in [0.15, 0.2) is 0 Å². The minimum Gasteiger partial charge on any atom is -0.369 e. The molecule has 0 bridgehead atoms. The van der Waals surface area contributed by atoms with Crippen molar-refractivity contribution in [1.82, 2.24) is 19.2 Å². The van der Waals surface area contributed by atoms with Crippen LogP contribution in [0.15, 0.2) is 54.9 Å². The molecule has 0 radical (unpaired) electrons. The fourth-order valence-corrected chi connectivity index (χ4v) is 4.38. The van der Waals surface area contributed by atoms with Crippen LogP contribution < -0.4 is 10.2 Å². The first-order chi connectivity index (χ1) is 15.5. The van der Waals surface area contributed by atoms with Gasteiger partial charge in [0.25, 0.3) is 0 Å². The Balaban J connectivity index is 1.23. The van der Waals surface area contributed by atoms with Gasteiger partial charge in [-0.3, -0.25) is 14.6 Å². The number of nitrogens with one attached hydrogen (secondary N) is 1. The first-order valence-corrected chi connectivity index (χ1v) is 11.6. The second-order valence-corrected chi connectivity index (χ2v) is 8.73. The number of anilines is 2. The molecule has 32 heavy (non-hydrogen) atoms. The molecule has 4 rings (SSSR count). The van der Waals surface area contributed by atoms with E-state index in [-0.39, 0.29) is 5.91 Å². The first kappa shape index (κ1) is 22.3. The van der Waals surface area contributed by atoms with Crippen LogP contribution in [0.2, 0.25) is 0 Å². The lowest BCUT2D eigenvalue weighted by Crippen LogP contribution is -2.48. The highest BCUT2D eigenvalue weighted by Gasteiger charge is 2.20. The summed E-state index contributed by atoms with van der Waals surface area (Å²) in [4.78, 5) is 24.2. The Morgan fingerprint density at radius 3 is 2.44 bits per heavy atom. The summed E-state index contributed by atoms with van der Waals surface area (Å²) in [5.41, 5.74) is 4.11. The highest BCUT2D eigenvalue weighted by Crippen LogP contribution is 2.20. The normalized spacial score (nSPS) is 15.4. The SMILES string of the molecule is CCN(c1ccc(NC(=O)CN2CCN(Cc3cn4ccccc4n3)CC2)cc1)C(C)C. The van der Waals surface area contributed by atoms with Gasteiger partial charge in [0.2, 0.25) is 5.91 Å². The number of rotatable bonds is 8. The molecule has 1 fully saturated rings. The van der Waals surface area contributed by atoms with E-state index in [0.717, 1.165) is 56.3 Å². The standard InChI is InChI=1S/C25H34N6O/c1-4-31(20(2)3)23-10-8-21(9-11-23)27-25(32)19-29-15-13-28(14-16-29)17-22-18-30-12-6-5-7-24(30)26-22/h5-12,18,20H,4,13-17,19H2,1-3H3,(H,27,32). The van der Waals surface area contributed by atoms with E-state index >= 15 is 0 Å². The predicted molar refractivity (Wildman–Crippen MR) is 130 cm³/mol. The molecule has 0 spiro atoms. The van der Waals surface area contributed by atoms with Gasteiger partial charge >= 0.3 is 0 Å². The third kappa shape index (κ3) is 5.47. The molecule has 1 N–H and O–H groups in total. The Morgan fingerprint density at radius 1 is 1.06 bits per heavy atom. The largest absolute Gasteiger partial charge is 0.369 e. The highest BCUT2D eigenvalue weighted by molar-refractivity contribution is 5.92. The number of carbonyl (C=O) groups is 1. The summed E-state index contributed by atoms with van der Waals surface area (Å²) >= 11 is 0. The summed E-state index contributed by atoms with van der Waals surface area (Å²) in [5, 5.41) is 3.04. The van der Waals surface area contributed by atoms with Crippen LogP contribution in [-0.2, 0) is 11.3 Å². The van der Waals surface area contributed by atoms with Gasteiger partial charge < -0.3 is 14.6 Å². The summed E-state index contributed by atoms with van der Waals surface area (Å²) in [6.45, 7) is 12.4. The molecule has 7 nitrogen and oxygen atoms in total. The highest BCUT2D eigenvalue weighted by atomic mass is 16.2. The molecular formula is C25H34N6O. The lowest BCUT2D eigenvalue weighted by atomic mass is 10.2. The van der Waals surface area contributed by atoms with Crippen LogP contribution >= 0.6 is 0 Å². The van der Waals surface area contributed by atoms with E-state index in [1.165, 1.54) is 5.69 Å². The molecule has 1 amide bonds. The summed E-state index contributed by atoms with van der Waals surface area (Å²) in [5.74, 6) is 0.0442. The van der Waals surface area contributed by atoms with Crippen molar-refractivity contribution in [2.75, 3.05) is 49.5 Å². The average Bonchev–Trinajstić information content (AvgIpc) is 3.19. The molecule has 0 unspecified atom stereocenters. The predicted octanol–water partition coefficient (Wildman–Crippen LogP) is 3.33. The number of nitrogens with zero attached hydrogens (tertiary/aromatic N) is 5. The van der Waals surface area contributed by atoms with Crippen molar-refractivity contribution in [3.8, 4) is 0 Å². The fourth-order valence-electron chi connectivity index (χ4n) is 4.38. The zero-order valence-electron chi connectivity index (χ0n) is 19.4. The Kier molecular flexibility index (Phi) is 7.07. The minimum absolute atomic E-state index is 0.0442. The molecule has 1 aliphatic heterocycles. The summed E-state index contributed by atoms with van der Waals surface area (Å²) in [6.07, 6.45) is 4.13. The van der Waals surface area contributed by atoms with Crippen molar-refractivity contribution in [3.05, 3.63) is 60.6 Å². The maximum absolute atomic E-state index is 12.5. The molecule has 0 atom stereocenters. The number of carbonyl (C=O) groups excluding carboxylic acids is 1. The number of imidazole rings is 1. The lowest BCUT2D eigenvalue weighted by Gasteiger charge is -2.33. The second kappa shape index (κ2) is 10.1. The van der Waals surface area contributed by atoms with Crippen molar-refractivity contribution in [1.29, 1.82) is 0 Å². The smallest absolute Gasteiger partial charge is 0.238 e. The van der Waals surface area contributed by atoms with Gasteiger partial charge in [0, 0.05) is 69.1 Å². The van der Waals surface area contributed by atoms with Crippen LogP contribution in [0.5, 0.6) is 0 Å². The zero-order chi connectivity index (χ0) is 22.5. The Hall–Kier alpha value is -2.90. The molecule has 3 aromatic rings. The second-order valence-electron chi connectivity index (χ2n) is 8.73. The van der Waals surface area contributed by atoms with Crippen molar-refractivity contribution in [2.24, 2.45) is 0 Å². The Morgan fingerprint density at radius 2 is 1.78 bits per heavy atom. The van der Waals surface area contributed by atoms with Gasteiger partial charge in [-0.1, -0.05) is 6.07 Å². The van der Waals surface area contributed by atoms with Crippen LogP contribution in [0.4, 0.5) is 11.4 Å². The molecule has 0 saturated carbocycles. The van der Waals surface area contributed by atoms with Crippen LogP contribution in [0.1, 0.15) is 26.5 Å². The summed E-state index contributed by atoms with van der Waals surface area (Å²) < 4.78 is 2.06. The number of amides is 1. The van der Waals surface area contributed by atoms with Gasteiger partial charge in [-0.2, -0.15) is 0 Å². The minimum atomic E-state index is 0.0442. The van der Waals surface area contributed by atoms with E-state index in [1.54, 1.807) is 0 Å². The van der Waals surface area contributed by atoms with E-state index < -0.39 is 0 Å². The van der Waals surface area contributed by atoms with Crippen LogP contribution in [-0.4, -0.2) is 70.4 Å². The maximum atomic E-state index is 12.5. The summed E-state index contributed by atoms with van der Waals surface area (Å²) in [7, 11) is 0. The first-order valence-electron chi connectivity index (χ1n) is 11.6. The monoisotopic (exact) mass is 434 g/mol. The Bertz CT molecular complexity index is 987. The maximum Gasteiger partial charge on any atom is 0.238 e. The van der Waals surface area contributed by atoms with Gasteiger partial charge in [-0.25, -0.2) is 4.98 Å². The lowest BCUT2D eigenvalue weighted by molar-refractivity contribution is -0.117. The van der Waals surface area contributed by atoms with Crippen molar-refractivity contribution < 1.29 is 4.79 Å². The van der Waals surface area contributed by atoms with Gasteiger partial charge in [0.05, 0.1) is 12.2 Å². The van der Waals surface area contributed by atoms with Gasteiger partial charge in [-0.15, -0.1) is 0 Å². The topological polar surface area (TPSA) is 56.1 Å². The quantitative estimate of drug-likeness (QED) is 0.589. The van der Waals surface area contributed by atoms with Crippen molar-refractivity contribution in [2.45, 2.75) is 33.4 Å². The number of fused-ring (bicyclic) bond motifs is 1. The van der Waals surface area contributed by atoms with Crippen LogP contribution in [0, 0.1) is 0 Å². The fraction of sp³-hybridized carbons (Fsp3) is 0.440. The van der Waals surface area contributed by atoms with Gasteiger partial charge in [0.1, 0.15) is 5.65 Å². The number of hydrogen-bond donors (Lipinski definition) is 1. The van der Waals surface area contributed by atoms with E-state index in [2.05, 4.69) is 63.5 Å². The number of hydrogen-bond acceptors (Lipinski definition) is 5. The Labute approximate surface area is 190 Å². The van der Waals surface area contributed by atoms with E-state index in [9.17, 15) is 4.79 Å². The molecule has 3 heterocycles. The molecule has 170 valence electrons. The number of aromatic nitrogens is 2. The molecule has 1 aromatic carbocycles. The molecular weight excluding hydrogens is 400 g/mol. The van der Waals surface area contributed by atoms with Crippen molar-refractivity contribution >= 4 is 22.9 Å². The third-order valence-electron chi connectivity index (χ3n) is 6.08. The third-order valence-corrected chi connectivity index (χ3v) is 6.08. The molecule has 2 aromatic heterocycles. The van der Waals surface area contributed by atoms with Crippen LogP contribution in [0.25, 0.3) is 5.65 Å². The van der Waals surface area contributed by atoms with E-state index in [4.69, 9.17) is 4.98 Å². The number of pyridine rings is 1. The summed E-state index contributed by atoms with van der Waals surface area (Å²) in [6, 6.07) is 14.6. The molecule has 0 aliphatic carbocycles. The number of benzene rings is 1.